The van der Waals surface area contributed by atoms with Crippen molar-refractivity contribution in [2.45, 2.75) is 58.8 Å². The molecule has 0 fully saturated rings. The van der Waals surface area contributed by atoms with Crippen molar-refractivity contribution in [2.75, 3.05) is 5.73 Å². The third-order valence-corrected chi connectivity index (χ3v) is 2.92. The van der Waals surface area contributed by atoms with Gasteiger partial charge in [0.2, 0.25) is 0 Å². The van der Waals surface area contributed by atoms with E-state index in [-0.39, 0.29) is 0 Å². The van der Waals surface area contributed by atoms with Gasteiger partial charge in [-0.15, -0.1) is 0 Å². The Bertz CT molecular complexity index is 302. The number of nitrogens with zero attached hydrogens (tertiary/aromatic N) is 1. The van der Waals surface area contributed by atoms with Crippen molar-refractivity contribution in [3.63, 3.8) is 0 Å². The van der Waals surface area contributed by atoms with Gasteiger partial charge in [-0.2, -0.15) is 5.10 Å². The number of aromatic nitrogens is 2. The molecule has 1 heterocycles. The van der Waals surface area contributed by atoms with Crippen molar-refractivity contribution in [1.82, 2.24) is 10.2 Å². The monoisotopic (exact) mass is 209 g/mol. The lowest BCUT2D eigenvalue weighted by Crippen LogP contribution is -2.01. The molecule has 1 atom stereocenters. The van der Waals surface area contributed by atoms with E-state index in [9.17, 15) is 0 Å². The maximum absolute atomic E-state index is 5.87. The number of hydrogen-bond donors (Lipinski definition) is 2. The Morgan fingerprint density at radius 2 is 2.00 bits per heavy atom. The second-order valence-corrected chi connectivity index (χ2v) is 4.63. The number of unbranched alkanes of at least 4 members (excludes halogenated alkanes) is 1. The zero-order valence-corrected chi connectivity index (χ0v) is 10.3. The molecule has 0 radical (unpaired) electrons. The predicted octanol–water partition coefficient (Wildman–Crippen LogP) is 3.41. The van der Waals surface area contributed by atoms with Crippen molar-refractivity contribution >= 4 is 5.82 Å². The molecule has 0 spiro atoms. The van der Waals surface area contributed by atoms with E-state index in [4.69, 9.17) is 5.73 Å². The van der Waals surface area contributed by atoms with Crippen molar-refractivity contribution in [3.05, 3.63) is 11.3 Å². The molecule has 86 valence electrons. The number of nitrogen functional groups attached to an aromatic ring is 1. The highest BCUT2D eigenvalue weighted by Gasteiger charge is 2.18. The molecule has 0 aliphatic carbocycles. The van der Waals surface area contributed by atoms with Gasteiger partial charge in [-0.3, -0.25) is 5.10 Å². The SMILES string of the molecule is CCCCC(C)c1[nH]nc(N)c1C(C)C. The molecule has 1 aromatic heterocycles. The van der Waals surface area contributed by atoms with Gasteiger partial charge in [0.1, 0.15) is 5.82 Å². The summed E-state index contributed by atoms with van der Waals surface area (Å²) >= 11 is 0. The first kappa shape index (κ1) is 12.1. The van der Waals surface area contributed by atoms with Crippen LogP contribution in [0.15, 0.2) is 0 Å². The van der Waals surface area contributed by atoms with Gasteiger partial charge in [-0.05, 0) is 18.3 Å². The molecular formula is C12H23N3. The number of aromatic amines is 1. The van der Waals surface area contributed by atoms with E-state index in [1.807, 2.05) is 0 Å². The molecule has 0 aliphatic heterocycles. The number of nitrogens with two attached hydrogens (primary N) is 1. The van der Waals surface area contributed by atoms with Crippen LogP contribution < -0.4 is 5.73 Å². The average Bonchev–Trinajstić information content (AvgIpc) is 2.56. The molecule has 0 bridgehead atoms. The summed E-state index contributed by atoms with van der Waals surface area (Å²) in [7, 11) is 0. The lowest BCUT2D eigenvalue weighted by atomic mass is 9.93. The van der Waals surface area contributed by atoms with E-state index in [0.29, 0.717) is 17.7 Å². The largest absolute Gasteiger partial charge is 0.382 e. The fraction of sp³-hybridized carbons (Fsp3) is 0.750. The van der Waals surface area contributed by atoms with Crippen LogP contribution in [0.4, 0.5) is 5.82 Å². The Hall–Kier alpha value is -0.990. The maximum Gasteiger partial charge on any atom is 0.148 e. The number of H-pyrrole nitrogens is 1. The Morgan fingerprint density at radius 3 is 2.53 bits per heavy atom. The summed E-state index contributed by atoms with van der Waals surface area (Å²) < 4.78 is 0. The summed E-state index contributed by atoms with van der Waals surface area (Å²) in [6.07, 6.45) is 3.71. The normalized spacial score (nSPS) is 13.4. The zero-order valence-electron chi connectivity index (χ0n) is 10.3. The van der Waals surface area contributed by atoms with E-state index in [0.717, 1.165) is 0 Å². The topological polar surface area (TPSA) is 54.7 Å². The highest BCUT2D eigenvalue weighted by Crippen LogP contribution is 2.31. The van der Waals surface area contributed by atoms with Crippen LogP contribution in [0, 0.1) is 0 Å². The third-order valence-electron chi connectivity index (χ3n) is 2.92. The summed E-state index contributed by atoms with van der Waals surface area (Å²) in [5, 5.41) is 7.21. The second kappa shape index (κ2) is 5.19. The van der Waals surface area contributed by atoms with E-state index in [1.165, 1.54) is 30.5 Å². The smallest absolute Gasteiger partial charge is 0.148 e. The van der Waals surface area contributed by atoms with Crippen LogP contribution >= 0.6 is 0 Å². The minimum absolute atomic E-state index is 0.447. The van der Waals surface area contributed by atoms with Crippen molar-refractivity contribution in [3.8, 4) is 0 Å². The molecule has 1 unspecified atom stereocenters. The molecule has 3 nitrogen and oxygen atoms in total. The summed E-state index contributed by atoms with van der Waals surface area (Å²) in [5.41, 5.74) is 8.31. The molecule has 3 heteroatoms. The van der Waals surface area contributed by atoms with Crippen LogP contribution in [0.3, 0.4) is 0 Å². The predicted molar refractivity (Wildman–Crippen MR) is 65.0 cm³/mol. The van der Waals surface area contributed by atoms with E-state index in [2.05, 4.69) is 37.9 Å². The first-order chi connectivity index (χ1) is 7.07. The number of anilines is 1. The number of hydrogen-bond acceptors (Lipinski definition) is 2. The summed E-state index contributed by atoms with van der Waals surface area (Å²) in [5.74, 6) is 1.65. The van der Waals surface area contributed by atoms with E-state index in [1.54, 1.807) is 0 Å². The molecule has 1 rings (SSSR count). The summed E-state index contributed by atoms with van der Waals surface area (Å²) in [6, 6.07) is 0. The van der Waals surface area contributed by atoms with Crippen LogP contribution in [-0.2, 0) is 0 Å². The summed E-state index contributed by atoms with van der Waals surface area (Å²) in [6.45, 7) is 8.79. The van der Waals surface area contributed by atoms with Gasteiger partial charge < -0.3 is 5.73 Å². The fourth-order valence-electron chi connectivity index (χ4n) is 2.02. The standard InChI is InChI=1S/C12H23N3/c1-5-6-7-9(4)11-10(8(2)3)12(13)15-14-11/h8-9H,5-7H2,1-4H3,(H3,13,14,15). The van der Waals surface area contributed by atoms with Crippen molar-refractivity contribution < 1.29 is 0 Å². The zero-order chi connectivity index (χ0) is 11.4. The summed E-state index contributed by atoms with van der Waals surface area (Å²) in [4.78, 5) is 0. The second-order valence-electron chi connectivity index (χ2n) is 4.63. The van der Waals surface area contributed by atoms with Crippen LogP contribution in [0.2, 0.25) is 0 Å². The van der Waals surface area contributed by atoms with Crippen LogP contribution in [-0.4, -0.2) is 10.2 Å². The number of rotatable bonds is 5. The number of nitrogens with one attached hydrogen (secondary N) is 1. The maximum atomic E-state index is 5.87. The minimum Gasteiger partial charge on any atom is -0.382 e. The molecule has 1 aromatic rings. The Labute approximate surface area is 92.5 Å². The molecule has 0 saturated heterocycles. The van der Waals surface area contributed by atoms with Gasteiger partial charge in [-0.25, -0.2) is 0 Å². The Balaban J connectivity index is 2.83. The fourth-order valence-corrected chi connectivity index (χ4v) is 2.02. The Kier molecular flexibility index (Phi) is 4.18. The first-order valence-electron chi connectivity index (χ1n) is 5.91. The third kappa shape index (κ3) is 2.74. The molecule has 0 amide bonds. The molecule has 15 heavy (non-hydrogen) atoms. The lowest BCUT2D eigenvalue weighted by Gasteiger charge is -2.13. The highest BCUT2D eigenvalue weighted by atomic mass is 15.2. The van der Waals surface area contributed by atoms with Gasteiger partial charge in [0.25, 0.3) is 0 Å². The first-order valence-corrected chi connectivity index (χ1v) is 5.91. The van der Waals surface area contributed by atoms with Crippen LogP contribution in [0.25, 0.3) is 0 Å². The molecule has 0 saturated carbocycles. The van der Waals surface area contributed by atoms with E-state index >= 15 is 0 Å². The van der Waals surface area contributed by atoms with Crippen LogP contribution in [0.1, 0.15) is 70.1 Å². The quantitative estimate of drug-likeness (QED) is 0.780. The van der Waals surface area contributed by atoms with Gasteiger partial charge in [0, 0.05) is 11.3 Å². The van der Waals surface area contributed by atoms with Crippen molar-refractivity contribution in [1.29, 1.82) is 0 Å². The molecule has 3 N–H and O–H groups in total. The van der Waals surface area contributed by atoms with Gasteiger partial charge in [0.05, 0.1) is 0 Å². The van der Waals surface area contributed by atoms with Crippen molar-refractivity contribution in [2.24, 2.45) is 0 Å². The van der Waals surface area contributed by atoms with Crippen LogP contribution in [0.5, 0.6) is 0 Å². The van der Waals surface area contributed by atoms with Gasteiger partial charge in [0.15, 0.2) is 0 Å². The molecule has 0 aliphatic rings. The lowest BCUT2D eigenvalue weighted by molar-refractivity contribution is 0.602. The minimum atomic E-state index is 0.447. The average molecular weight is 209 g/mol. The Morgan fingerprint density at radius 1 is 1.33 bits per heavy atom. The highest BCUT2D eigenvalue weighted by molar-refractivity contribution is 5.45. The van der Waals surface area contributed by atoms with Gasteiger partial charge in [-0.1, -0.05) is 40.5 Å². The van der Waals surface area contributed by atoms with E-state index < -0.39 is 0 Å². The molecule has 0 aromatic carbocycles. The molecular weight excluding hydrogens is 186 g/mol. The van der Waals surface area contributed by atoms with Gasteiger partial charge >= 0.3 is 0 Å².